The van der Waals surface area contributed by atoms with E-state index in [-0.39, 0.29) is 17.6 Å². The first-order valence-electron chi connectivity index (χ1n) is 8.77. The minimum absolute atomic E-state index is 0.0453. The zero-order valence-corrected chi connectivity index (χ0v) is 15.1. The Balaban J connectivity index is 1.72. The molecule has 2 amide bonds. The van der Waals surface area contributed by atoms with Gasteiger partial charge < -0.3 is 14.9 Å². The first-order valence-corrected chi connectivity index (χ1v) is 8.77. The maximum absolute atomic E-state index is 12.8. The van der Waals surface area contributed by atoms with E-state index in [2.05, 4.69) is 4.98 Å². The number of benzene rings is 1. The van der Waals surface area contributed by atoms with Crippen molar-refractivity contribution in [3.8, 4) is 5.75 Å². The van der Waals surface area contributed by atoms with Gasteiger partial charge in [0.2, 0.25) is 0 Å². The van der Waals surface area contributed by atoms with Gasteiger partial charge in [0.15, 0.2) is 0 Å². The third-order valence-electron chi connectivity index (χ3n) is 4.93. The summed E-state index contributed by atoms with van der Waals surface area (Å²) < 4.78 is 0. The number of carbonyl (C=O) groups is 2. The molecule has 1 aromatic heterocycles. The number of phenols is 1. The number of rotatable bonds is 2. The lowest BCUT2D eigenvalue weighted by Crippen LogP contribution is -2.37. The summed E-state index contributed by atoms with van der Waals surface area (Å²) in [5.41, 5.74) is 2.60. The van der Waals surface area contributed by atoms with E-state index in [9.17, 15) is 14.7 Å². The average Bonchev–Trinajstić information content (AvgIpc) is 2.92. The molecule has 3 rings (SSSR count). The van der Waals surface area contributed by atoms with Crippen LogP contribution in [0.5, 0.6) is 5.75 Å². The molecule has 2 heterocycles. The summed E-state index contributed by atoms with van der Waals surface area (Å²) in [6.45, 7) is 5.78. The lowest BCUT2D eigenvalue weighted by Gasteiger charge is -2.23. The predicted octanol–water partition coefficient (Wildman–Crippen LogP) is 2.39. The van der Waals surface area contributed by atoms with E-state index in [0.29, 0.717) is 43.7 Å². The van der Waals surface area contributed by atoms with E-state index in [1.165, 1.54) is 0 Å². The molecule has 26 heavy (non-hydrogen) atoms. The summed E-state index contributed by atoms with van der Waals surface area (Å²) in [4.78, 5) is 32.8. The Bertz CT molecular complexity index is 821. The van der Waals surface area contributed by atoms with Gasteiger partial charge >= 0.3 is 0 Å². The number of aryl methyl sites for hydroxylation is 1. The molecule has 6 heteroatoms. The number of carbonyl (C=O) groups excluding carboxylic acids is 2. The molecule has 0 atom stereocenters. The smallest absolute Gasteiger partial charge is 0.257 e. The quantitative estimate of drug-likeness (QED) is 0.900. The van der Waals surface area contributed by atoms with Crippen LogP contribution in [0.3, 0.4) is 0 Å². The number of aromatic nitrogens is 1. The lowest BCUT2D eigenvalue weighted by molar-refractivity contribution is 0.0717. The van der Waals surface area contributed by atoms with Crippen LogP contribution >= 0.6 is 0 Å². The number of aromatic hydroxyl groups is 1. The predicted molar refractivity (Wildman–Crippen MR) is 98.2 cm³/mol. The third-order valence-corrected chi connectivity index (χ3v) is 4.93. The van der Waals surface area contributed by atoms with Crippen molar-refractivity contribution >= 4 is 11.8 Å². The van der Waals surface area contributed by atoms with Crippen LogP contribution < -0.4 is 0 Å². The summed E-state index contributed by atoms with van der Waals surface area (Å²) in [6, 6.07) is 6.91. The fraction of sp³-hybridized carbons (Fsp3) is 0.350. The number of phenolic OH excluding ortho intramolecular Hbond substituents is 1. The molecule has 6 nitrogen and oxygen atoms in total. The van der Waals surface area contributed by atoms with Crippen LogP contribution in [0.25, 0.3) is 0 Å². The first kappa shape index (κ1) is 17.9. The van der Waals surface area contributed by atoms with Crippen LogP contribution in [0.2, 0.25) is 0 Å². The molecule has 0 aliphatic carbocycles. The van der Waals surface area contributed by atoms with Crippen molar-refractivity contribution < 1.29 is 14.7 Å². The van der Waals surface area contributed by atoms with Gasteiger partial charge in [0.05, 0.1) is 5.56 Å². The van der Waals surface area contributed by atoms with E-state index in [1.54, 1.807) is 47.3 Å². The number of hydrogen-bond acceptors (Lipinski definition) is 4. The SMILES string of the molecule is Cc1ccc(C(=O)N2CCCN(C(=O)c3ccncc3)CC2)c(O)c1C. The molecular weight excluding hydrogens is 330 g/mol. The van der Waals surface area contributed by atoms with Gasteiger partial charge in [0.25, 0.3) is 11.8 Å². The lowest BCUT2D eigenvalue weighted by atomic mass is 10.0. The van der Waals surface area contributed by atoms with Gasteiger partial charge in [-0.3, -0.25) is 14.6 Å². The Labute approximate surface area is 153 Å². The van der Waals surface area contributed by atoms with Gasteiger partial charge in [-0.25, -0.2) is 0 Å². The Morgan fingerprint density at radius 1 is 0.923 bits per heavy atom. The van der Waals surface area contributed by atoms with Crippen LogP contribution in [-0.4, -0.2) is 57.9 Å². The molecule has 0 saturated carbocycles. The van der Waals surface area contributed by atoms with Crippen LogP contribution in [0.15, 0.2) is 36.7 Å². The van der Waals surface area contributed by atoms with Crippen LogP contribution in [-0.2, 0) is 0 Å². The minimum atomic E-state index is -0.191. The summed E-state index contributed by atoms with van der Waals surface area (Å²) in [6.07, 6.45) is 3.90. The Hall–Kier alpha value is -2.89. The highest BCUT2D eigenvalue weighted by Gasteiger charge is 2.25. The Morgan fingerprint density at radius 2 is 1.54 bits per heavy atom. The topological polar surface area (TPSA) is 73.7 Å². The number of nitrogens with zero attached hydrogens (tertiary/aromatic N) is 3. The largest absolute Gasteiger partial charge is 0.507 e. The standard InChI is InChI=1S/C20H23N3O3/c1-14-4-5-17(18(24)15(14)2)20(26)23-11-3-10-22(12-13-23)19(25)16-6-8-21-9-7-16/h4-9,24H,3,10-13H2,1-2H3. The fourth-order valence-electron chi connectivity index (χ4n) is 3.14. The maximum Gasteiger partial charge on any atom is 0.257 e. The summed E-state index contributed by atoms with van der Waals surface area (Å²) in [5.74, 6) is -0.191. The van der Waals surface area contributed by atoms with Crippen molar-refractivity contribution in [3.63, 3.8) is 0 Å². The van der Waals surface area contributed by atoms with Gasteiger partial charge in [-0.15, -0.1) is 0 Å². The van der Waals surface area contributed by atoms with Gasteiger partial charge in [0, 0.05) is 44.1 Å². The third kappa shape index (κ3) is 3.54. The molecule has 0 radical (unpaired) electrons. The molecular formula is C20H23N3O3. The zero-order chi connectivity index (χ0) is 18.7. The van der Waals surface area contributed by atoms with Crippen molar-refractivity contribution in [1.29, 1.82) is 0 Å². The normalized spacial score (nSPS) is 14.8. The van der Waals surface area contributed by atoms with Crippen LogP contribution in [0, 0.1) is 13.8 Å². The van der Waals surface area contributed by atoms with E-state index < -0.39 is 0 Å². The van der Waals surface area contributed by atoms with Gasteiger partial charge in [-0.1, -0.05) is 6.07 Å². The second-order valence-electron chi connectivity index (χ2n) is 6.58. The maximum atomic E-state index is 12.8. The molecule has 0 bridgehead atoms. The summed E-state index contributed by atoms with van der Waals surface area (Å²) in [7, 11) is 0. The Morgan fingerprint density at radius 3 is 2.19 bits per heavy atom. The molecule has 1 aromatic carbocycles. The van der Waals surface area contributed by atoms with Crippen LogP contribution in [0.4, 0.5) is 0 Å². The molecule has 1 saturated heterocycles. The highest BCUT2D eigenvalue weighted by atomic mass is 16.3. The van der Waals surface area contributed by atoms with Gasteiger partial charge in [0.1, 0.15) is 5.75 Å². The molecule has 1 N–H and O–H groups in total. The Kier molecular flexibility index (Phi) is 5.21. The average molecular weight is 353 g/mol. The van der Waals surface area contributed by atoms with Crippen molar-refractivity contribution in [2.75, 3.05) is 26.2 Å². The molecule has 136 valence electrons. The number of amides is 2. The van der Waals surface area contributed by atoms with Crippen LogP contribution in [0.1, 0.15) is 38.3 Å². The monoisotopic (exact) mass is 353 g/mol. The van der Waals surface area contributed by atoms with E-state index in [4.69, 9.17) is 0 Å². The van der Waals surface area contributed by atoms with E-state index in [1.807, 2.05) is 13.0 Å². The summed E-state index contributed by atoms with van der Waals surface area (Å²) >= 11 is 0. The van der Waals surface area contributed by atoms with Crippen molar-refractivity contribution in [2.24, 2.45) is 0 Å². The second kappa shape index (κ2) is 7.56. The van der Waals surface area contributed by atoms with E-state index in [0.717, 1.165) is 11.1 Å². The highest BCUT2D eigenvalue weighted by Crippen LogP contribution is 2.26. The van der Waals surface area contributed by atoms with Crippen molar-refractivity contribution in [3.05, 3.63) is 58.9 Å². The zero-order valence-electron chi connectivity index (χ0n) is 15.1. The highest BCUT2D eigenvalue weighted by molar-refractivity contribution is 5.97. The minimum Gasteiger partial charge on any atom is -0.507 e. The first-order chi connectivity index (χ1) is 12.5. The second-order valence-corrected chi connectivity index (χ2v) is 6.58. The van der Waals surface area contributed by atoms with Crippen molar-refractivity contribution in [2.45, 2.75) is 20.3 Å². The summed E-state index contributed by atoms with van der Waals surface area (Å²) in [5, 5.41) is 10.3. The molecule has 0 spiro atoms. The number of pyridine rings is 1. The molecule has 0 unspecified atom stereocenters. The van der Waals surface area contributed by atoms with Gasteiger partial charge in [-0.05, 0) is 49.6 Å². The molecule has 1 fully saturated rings. The molecule has 1 aliphatic rings. The molecule has 2 aromatic rings. The number of hydrogen-bond donors (Lipinski definition) is 1. The molecule has 1 aliphatic heterocycles. The van der Waals surface area contributed by atoms with Gasteiger partial charge in [-0.2, -0.15) is 0 Å². The van der Waals surface area contributed by atoms with Crippen molar-refractivity contribution in [1.82, 2.24) is 14.8 Å². The fourth-order valence-corrected chi connectivity index (χ4v) is 3.14. The van der Waals surface area contributed by atoms with E-state index >= 15 is 0 Å².